The summed E-state index contributed by atoms with van der Waals surface area (Å²) in [5, 5.41) is 2.73. The topological polar surface area (TPSA) is 75.7 Å². The van der Waals surface area contributed by atoms with Gasteiger partial charge in [0.2, 0.25) is 15.9 Å². The van der Waals surface area contributed by atoms with Gasteiger partial charge in [0.25, 0.3) is 0 Å². The molecule has 0 saturated heterocycles. The molecule has 2 aromatic rings. The maximum Gasteiger partial charge on any atom is 0.243 e. The second-order valence-corrected chi connectivity index (χ2v) is 7.78. The number of methoxy groups -OCH3 is 1. The van der Waals surface area contributed by atoms with Crippen LogP contribution >= 0.6 is 0 Å². The molecule has 0 spiro atoms. The minimum Gasteiger partial charge on any atom is -0.497 e. The van der Waals surface area contributed by atoms with Crippen LogP contribution in [0.2, 0.25) is 0 Å². The third-order valence-corrected chi connectivity index (χ3v) is 5.99. The molecular formula is C19H24N2O4S. The molecule has 0 heterocycles. The van der Waals surface area contributed by atoms with Crippen molar-refractivity contribution in [3.8, 4) is 5.75 Å². The van der Waals surface area contributed by atoms with Crippen LogP contribution in [0.4, 0.5) is 0 Å². The number of amides is 1. The third kappa shape index (κ3) is 4.62. The van der Waals surface area contributed by atoms with Gasteiger partial charge >= 0.3 is 0 Å². The number of ether oxygens (including phenoxy) is 1. The van der Waals surface area contributed by atoms with Gasteiger partial charge in [-0.05, 0) is 36.8 Å². The quantitative estimate of drug-likeness (QED) is 0.768. The summed E-state index contributed by atoms with van der Waals surface area (Å²) in [6.07, 6.45) is 0.0305. The minimum atomic E-state index is -3.74. The molecule has 0 fully saturated rings. The van der Waals surface area contributed by atoms with Crippen molar-refractivity contribution < 1.29 is 17.9 Å². The molecular weight excluding hydrogens is 352 g/mol. The van der Waals surface area contributed by atoms with Crippen LogP contribution in [-0.4, -0.2) is 39.3 Å². The van der Waals surface area contributed by atoms with Crippen molar-refractivity contribution in [2.24, 2.45) is 0 Å². The molecule has 0 radical (unpaired) electrons. The maximum atomic E-state index is 13.0. The molecule has 1 atom stereocenters. The van der Waals surface area contributed by atoms with E-state index in [1.807, 2.05) is 6.92 Å². The van der Waals surface area contributed by atoms with E-state index in [9.17, 15) is 13.2 Å². The predicted molar refractivity (Wildman–Crippen MR) is 100 cm³/mol. The smallest absolute Gasteiger partial charge is 0.243 e. The number of carbonyl (C=O) groups excluding carboxylic acids is 1. The van der Waals surface area contributed by atoms with E-state index in [0.29, 0.717) is 12.3 Å². The van der Waals surface area contributed by atoms with E-state index in [0.717, 1.165) is 5.56 Å². The number of nitrogens with zero attached hydrogens (tertiary/aromatic N) is 1. The van der Waals surface area contributed by atoms with Crippen LogP contribution in [0.1, 0.15) is 24.9 Å². The number of benzene rings is 2. The van der Waals surface area contributed by atoms with Crippen molar-refractivity contribution in [1.29, 1.82) is 0 Å². The van der Waals surface area contributed by atoms with Gasteiger partial charge in [-0.3, -0.25) is 4.79 Å². The minimum absolute atomic E-state index is 0.0305. The van der Waals surface area contributed by atoms with Crippen LogP contribution in [0, 0.1) is 0 Å². The van der Waals surface area contributed by atoms with Gasteiger partial charge in [-0.1, -0.05) is 30.3 Å². The zero-order valence-electron chi connectivity index (χ0n) is 15.2. The van der Waals surface area contributed by atoms with Gasteiger partial charge in [0.1, 0.15) is 5.75 Å². The van der Waals surface area contributed by atoms with Crippen LogP contribution < -0.4 is 10.1 Å². The van der Waals surface area contributed by atoms with Crippen molar-refractivity contribution in [1.82, 2.24) is 9.62 Å². The molecule has 2 aromatic carbocycles. The molecule has 1 N–H and O–H groups in total. The van der Waals surface area contributed by atoms with E-state index in [1.165, 1.54) is 11.4 Å². The first kappa shape index (κ1) is 19.9. The van der Waals surface area contributed by atoms with Crippen LogP contribution in [-0.2, 0) is 14.8 Å². The largest absolute Gasteiger partial charge is 0.497 e. The first-order valence-corrected chi connectivity index (χ1v) is 9.78. The number of rotatable bonds is 8. The van der Waals surface area contributed by atoms with E-state index in [4.69, 9.17) is 4.74 Å². The Morgan fingerprint density at radius 1 is 1.12 bits per heavy atom. The van der Waals surface area contributed by atoms with Crippen LogP contribution in [0.3, 0.4) is 0 Å². The molecule has 6 nitrogen and oxygen atoms in total. The van der Waals surface area contributed by atoms with Gasteiger partial charge in [0, 0.05) is 20.0 Å². The summed E-state index contributed by atoms with van der Waals surface area (Å²) >= 11 is 0. The van der Waals surface area contributed by atoms with Crippen LogP contribution in [0.15, 0.2) is 59.5 Å². The molecule has 0 aliphatic carbocycles. The second-order valence-electron chi connectivity index (χ2n) is 5.78. The zero-order valence-corrected chi connectivity index (χ0v) is 16.0. The predicted octanol–water partition coefficient (Wildman–Crippen LogP) is 2.58. The molecule has 2 rings (SSSR count). The Kier molecular flexibility index (Phi) is 6.76. The summed E-state index contributed by atoms with van der Waals surface area (Å²) in [6.45, 7) is 2.31. The number of nitrogens with one attached hydrogen (secondary N) is 1. The first-order chi connectivity index (χ1) is 12.4. The summed E-state index contributed by atoms with van der Waals surface area (Å²) in [6, 6.07) is 14.6. The number of sulfonamides is 1. The summed E-state index contributed by atoms with van der Waals surface area (Å²) in [5.41, 5.74) is 0.721. The van der Waals surface area contributed by atoms with E-state index in [1.54, 1.807) is 61.7 Å². The van der Waals surface area contributed by atoms with Gasteiger partial charge in [-0.15, -0.1) is 0 Å². The Hall–Kier alpha value is -2.38. The fourth-order valence-corrected chi connectivity index (χ4v) is 4.02. The lowest BCUT2D eigenvalue weighted by Gasteiger charge is -2.27. The van der Waals surface area contributed by atoms with Crippen molar-refractivity contribution >= 4 is 15.9 Å². The Bertz CT molecular complexity index is 820. The van der Waals surface area contributed by atoms with E-state index in [2.05, 4.69) is 5.32 Å². The fourth-order valence-electron chi connectivity index (χ4n) is 2.65. The van der Waals surface area contributed by atoms with Crippen molar-refractivity contribution in [2.75, 3.05) is 20.7 Å². The lowest BCUT2D eigenvalue weighted by atomic mass is 10.0. The van der Waals surface area contributed by atoms with Gasteiger partial charge in [0.05, 0.1) is 18.0 Å². The van der Waals surface area contributed by atoms with Gasteiger partial charge < -0.3 is 10.1 Å². The average Bonchev–Trinajstić information content (AvgIpc) is 2.66. The third-order valence-electron chi connectivity index (χ3n) is 4.11. The molecule has 0 aliphatic heterocycles. The number of hydrogen-bond acceptors (Lipinski definition) is 4. The standard InChI is InChI=1S/C19H24N2O4S/c1-4-20-19(22)14-18(15-10-12-16(25-3)13-11-15)21(2)26(23,24)17-8-6-5-7-9-17/h5-13,18H,4,14H2,1-3H3,(H,20,22)/t18-/m0/s1. The Morgan fingerprint density at radius 2 is 1.73 bits per heavy atom. The monoisotopic (exact) mass is 376 g/mol. The van der Waals surface area contributed by atoms with E-state index >= 15 is 0 Å². The highest BCUT2D eigenvalue weighted by atomic mass is 32.2. The Morgan fingerprint density at radius 3 is 2.27 bits per heavy atom. The molecule has 140 valence electrons. The molecule has 26 heavy (non-hydrogen) atoms. The highest BCUT2D eigenvalue weighted by molar-refractivity contribution is 7.89. The van der Waals surface area contributed by atoms with Gasteiger partial charge in [-0.2, -0.15) is 4.31 Å². The van der Waals surface area contributed by atoms with E-state index in [-0.39, 0.29) is 17.2 Å². The molecule has 0 aromatic heterocycles. The molecule has 0 unspecified atom stereocenters. The molecule has 0 bridgehead atoms. The van der Waals surface area contributed by atoms with E-state index < -0.39 is 16.1 Å². The zero-order chi connectivity index (χ0) is 19.2. The normalized spacial score (nSPS) is 12.6. The van der Waals surface area contributed by atoms with Crippen molar-refractivity contribution in [3.63, 3.8) is 0 Å². The lowest BCUT2D eigenvalue weighted by Crippen LogP contribution is -2.35. The number of hydrogen-bond donors (Lipinski definition) is 1. The molecule has 0 aliphatic rings. The number of carbonyl (C=O) groups is 1. The first-order valence-electron chi connectivity index (χ1n) is 8.34. The maximum absolute atomic E-state index is 13.0. The second kappa shape index (κ2) is 8.82. The Balaban J connectivity index is 2.39. The molecule has 0 saturated carbocycles. The lowest BCUT2D eigenvalue weighted by molar-refractivity contribution is -0.121. The summed E-state index contributed by atoms with van der Waals surface area (Å²) in [4.78, 5) is 12.4. The SMILES string of the molecule is CCNC(=O)C[C@@H](c1ccc(OC)cc1)N(C)S(=O)(=O)c1ccccc1. The summed E-state index contributed by atoms with van der Waals surface area (Å²) in [5.74, 6) is 0.461. The summed E-state index contributed by atoms with van der Waals surface area (Å²) in [7, 11) is -0.681. The molecule has 7 heteroatoms. The van der Waals surface area contributed by atoms with Crippen molar-refractivity contribution in [3.05, 3.63) is 60.2 Å². The fraction of sp³-hybridized carbons (Fsp3) is 0.316. The van der Waals surface area contributed by atoms with Gasteiger partial charge in [0.15, 0.2) is 0 Å². The molecule has 1 amide bonds. The Labute approximate surface area is 154 Å². The average molecular weight is 376 g/mol. The van der Waals surface area contributed by atoms with Crippen LogP contribution in [0.5, 0.6) is 5.75 Å². The highest BCUT2D eigenvalue weighted by Crippen LogP contribution is 2.30. The van der Waals surface area contributed by atoms with Crippen LogP contribution in [0.25, 0.3) is 0 Å². The van der Waals surface area contributed by atoms with Gasteiger partial charge in [-0.25, -0.2) is 8.42 Å². The van der Waals surface area contributed by atoms with Crippen molar-refractivity contribution in [2.45, 2.75) is 24.3 Å². The highest BCUT2D eigenvalue weighted by Gasteiger charge is 2.30. The summed E-state index contributed by atoms with van der Waals surface area (Å²) < 4.78 is 32.4.